The van der Waals surface area contributed by atoms with E-state index in [0.717, 1.165) is 11.1 Å². The van der Waals surface area contributed by atoms with Gasteiger partial charge in [-0.2, -0.15) is 0 Å². The van der Waals surface area contributed by atoms with Crippen molar-refractivity contribution in [2.24, 2.45) is 11.3 Å². The Kier molecular flexibility index (Phi) is 11.9. The zero-order valence-corrected chi connectivity index (χ0v) is 24.1. The summed E-state index contributed by atoms with van der Waals surface area (Å²) in [6.45, 7) is 11.5. The van der Waals surface area contributed by atoms with Gasteiger partial charge < -0.3 is 28.4 Å². The van der Waals surface area contributed by atoms with E-state index < -0.39 is 48.1 Å². The molecule has 1 fully saturated rings. The van der Waals surface area contributed by atoms with Crippen LogP contribution in [-0.2, 0) is 51.2 Å². The Morgan fingerprint density at radius 3 is 2.08 bits per heavy atom. The first-order valence-electron chi connectivity index (χ1n) is 13.6. The molecule has 8 heteroatoms. The molecule has 0 N–H and O–H groups in total. The summed E-state index contributed by atoms with van der Waals surface area (Å²) in [7, 11) is 1.49. The van der Waals surface area contributed by atoms with Crippen molar-refractivity contribution in [1.82, 2.24) is 0 Å². The fraction of sp³-hybridized carbons (Fsp3) is 0.500. The van der Waals surface area contributed by atoms with E-state index in [-0.39, 0.29) is 25.6 Å². The van der Waals surface area contributed by atoms with Crippen molar-refractivity contribution in [3.05, 3.63) is 84.4 Å². The maximum atomic E-state index is 13.1. The first kappa shape index (κ1) is 31.5. The Morgan fingerprint density at radius 1 is 0.925 bits per heavy atom. The average Bonchev–Trinajstić information content (AvgIpc) is 2.94. The van der Waals surface area contributed by atoms with E-state index in [1.807, 2.05) is 67.6 Å². The maximum absolute atomic E-state index is 13.1. The monoisotopic (exact) mass is 554 g/mol. The van der Waals surface area contributed by atoms with Gasteiger partial charge in [-0.25, -0.2) is 0 Å². The van der Waals surface area contributed by atoms with Crippen molar-refractivity contribution in [2.45, 2.75) is 78.0 Å². The molecule has 2 aromatic rings. The normalized spacial score (nSPS) is 23.7. The molecule has 0 spiro atoms. The van der Waals surface area contributed by atoms with Gasteiger partial charge in [-0.15, -0.1) is 6.58 Å². The minimum absolute atomic E-state index is 0.0688. The van der Waals surface area contributed by atoms with Crippen LogP contribution in [0.25, 0.3) is 0 Å². The summed E-state index contributed by atoms with van der Waals surface area (Å²) in [5, 5.41) is 0. The zero-order valence-electron chi connectivity index (χ0n) is 24.1. The van der Waals surface area contributed by atoms with E-state index >= 15 is 0 Å². The van der Waals surface area contributed by atoms with E-state index in [1.165, 1.54) is 7.11 Å². The molecule has 8 nitrogen and oxygen atoms in total. The van der Waals surface area contributed by atoms with Crippen LogP contribution in [0.15, 0.2) is 73.3 Å². The smallest absolute Gasteiger partial charge is 0.311 e. The van der Waals surface area contributed by atoms with Crippen molar-refractivity contribution < 1.29 is 38.0 Å². The zero-order chi connectivity index (χ0) is 29.1. The predicted molar refractivity (Wildman–Crippen MR) is 150 cm³/mol. The second-order valence-electron chi connectivity index (χ2n) is 11.0. The van der Waals surface area contributed by atoms with Crippen LogP contribution in [0.2, 0.25) is 0 Å². The molecule has 0 unspecified atom stereocenters. The summed E-state index contributed by atoms with van der Waals surface area (Å²) in [6, 6.07) is 19.3. The minimum Gasteiger partial charge on any atom is -0.455 e. The number of hydrogen-bond donors (Lipinski definition) is 0. The van der Waals surface area contributed by atoms with Gasteiger partial charge in [0.25, 0.3) is 0 Å². The molecule has 0 amide bonds. The first-order chi connectivity index (χ1) is 19.1. The number of carbonyl (C=O) groups is 2. The van der Waals surface area contributed by atoms with Gasteiger partial charge >= 0.3 is 11.9 Å². The lowest BCUT2D eigenvalue weighted by Crippen LogP contribution is -2.62. The number of carbonyl (C=O) groups excluding carboxylic acids is 2. The number of hydrogen-bond acceptors (Lipinski definition) is 8. The maximum Gasteiger partial charge on any atom is 0.311 e. The molecule has 3 rings (SSSR count). The third-order valence-electron chi connectivity index (χ3n) is 6.52. The lowest BCUT2D eigenvalue weighted by atomic mass is 9.95. The molecule has 0 aliphatic carbocycles. The Hall–Kier alpha value is -3.04. The molecule has 1 aliphatic rings. The van der Waals surface area contributed by atoms with Gasteiger partial charge in [0.15, 0.2) is 18.5 Å². The Bertz CT molecular complexity index is 1070. The van der Waals surface area contributed by atoms with Crippen LogP contribution >= 0.6 is 0 Å². The van der Waals surface area contributed by atoms with Gasteiger partial charge in [0.2, 0.25) is 0 Å². The SMILES string of the molecule is C=C[C@H](C)CC(=O)O[C@H]1[C@@H](OC(=O)C(C)(C)C)[C@@H](COCc2ccccc2)O[C@H](OC)[C@@H]1OCc1ccccc1. The topological polar surface area (TPSA) is 89.5 Å². The quantitative estimate of drug-likeness (QED) is 0.245. The second kappa shape index (κ2) is 15.1. The predicted octanol–water partition coefficient (Wildman–Crippen LogP) is 5.24. The van der Waals surface area contributed by atoms with Gasteiger partial charge in [0, 0.05) is 7.11 Å². The Labute approximate surface area is 237 Å². The van der Waals surface area contributed by atoms with Gasteiger partial charge in [0.05, 0.1) is 31.7 Å². The van der Waals surface area contributed by atoms with Crippen molar-refractivity contribution in [3.8, 4) is 0 Å². The number of esters is 2. The van der Waals surface area contributed by atoms with E-state index in [0.29, 0.717) is 6.61 Å². The van der Waals surface area contributed by atoms with Crippen molar-refractivity contribution in [3.63, 3.8) is 0 Å². The molecule has 1 aliphatic heterocycles. The number of ether oxygens (including phenoxy) is 6. The van der Waals surface area contributed by atoms with Crippen molar-refractivity contribution >= 4 is 11.9 Å². The highest BCUT2D eigenvalue weighted by Crippen LogP contribution is 2.32. The summed E-state index contributed by atoms with van der Waals surface area (Å²) in [6.07, 6.45) is -2.79. The highest BCUT2D eigenvalue weighted by Gasteiger charge is 2.52. The van der Waals surface area contributed by atoms with Gasteiger partial charge in [-0.3, -0.25) is 9.59 Å². The molecular formula is C32H42O8. The van der Waals surface area contributed by atoms with Crippen LogP contribution in [0.3, 0.4) is 0 Å². The highest BCUT2D eigenvalue weighted by atomic mass is 16.7. The third kappa shape index (κ3) is 9.27. The molecule has 2 aromatic carbocycles. The van der Waals surface area contributed by atoms with Gasteiger partial charge in [0.1, 0.15) is 12.2 Å². The van der Waals surface area contributed by atoms with Crippen LogP contribution in [0.5, 0.6) is 0 Å². The molecule has 0 bridgehead atoms. The molecule has 1 heterocycles. The molecule has 1 saturated heterocycles. The van der Waals surface area contributed by atoms with E-state index in [4.69, 9.17) is 28.4 Å². The van der Waals surface area contributed by atoms with Crippen LogP contribution in [0, 0.1) is 11.3 Å². The fourth-order valence-electron chi connectivity index (χ4n) is 4.14. The number of methoxy groups -OCH3 is 1. The molecule has 6 atom stereocenters. The van der Waals surface area contributed by atoms with Crippen LogP contribution in [-0.4, -0.2) is 56.4 Å². The lowest BCUT2D eigenvalue weighted by molar-refractivity contribution is -0.312. The summed E-state index contributed by atoms with van der Waals surface area (Å²) < 4.78 is 36.2. The highest BCUT2D eigenvalue weighted by molar-refractivity contribution is 5.75. The van der Waals surface area contributed by atoms with E-state index in [2.05, 4.69) is 6.58 Å². The average molecular weight is 555 g/mol. The van der Waals surface area contributed by atoms with Gasteiger partial charge in [-0.1, -0.05) is 73.7 Å². The second-order valence-corrected chi connectivity index (χ2v) is 11.0. The minimum atomic E-state index is -1.01. The fourth-order valence-corrected chi connectivity index (χ4v) is 4.14. The number of benzene rings is 2. The van der Waals surface area contributed by atoms with Crippen LogP contribution in [0.1, 0.15) is 45.2 Å². The summed E-state index contributed by atoms with van der Waals surface area (Å²) in [4.78, 5) is 26.2. The van der Waals surface area contributed by atoms with Crippen LogP contribution in [0.4, 0.5) is 0 Å². The first-order valence-corrected chi connectivity index (χ1v) is 13.6. The van der Waals surface area contributed by atoms with Crippen LogP contribution < -0.4 is 0 Å². The van der Waals surface area contributed by atoms with E-state index in [9.17, 15) is 9.59 Å². The molecule has 0 radical (unpaired) electrons. The van der Waals surface area contributed by atoms with E-state index in [1.54, 1.807) is 26.8 Å². The molecule has 218 valence electrons. The third-order valence-corrected chi connectivity index (χ3v) is 6.52. The molecule has 0 saturated carbocycles. The number of rotatable bonds is 13. The molecule has 40 heavy (non-hydrogen) atoms. The van der Waals surface area contributed by atoms with Crippen molar-refractivity contribution in [1.29, 1.82) is 0 Å². The number of allylic oxidation sites excluding steroid dienone is 1. The summed E-state index contributed by atoms with van der Waals surface area (Å²) in [5.41, 5.74) is 1.09. The standard InChI is InChI=1S/C32H42O8/c1-7-22(2)18-26(33)39-28-27(40-31(34)32(3,4)5)25(21-36-19-23-14-10-8-11-15-23)38-30(35-6)29(28)37-20-24-16-12-9-13-17-24/h7-17,22,25,27-30H,1,18-21H2,2-6H3/t22-,25+,27-,28-,29+,30-/m0/s1. The largest absolute Gasteiger partial charge is 0.455 e. The Morgan fingerprint density at radius 2 is 1.52 bits per heavy atom. The summed E-state index contributed by atoms with van der Waals surface area (Å²) >= 11 is 0. The van der Waals surface area contributed by atoms with Gasteiger partial charge in [-0.05, 0) is 37.8 Å². The summed E-state index contributed by atoms with van der Waals surface area (Å²) in [5.74, 6) is -1.04. The Balaban J connectivity index is 1.90. The molecule has 0 aromatic heterocycles. The van der Waals surface area contributed by atoms with Crippen molar-refractivity contribution in [2.75, 3.05) is 13.7 Å². The molecular weight excluding hydrogens is 512 g/mol. The lowest BCUT2D eigenvalue weighted by Gasteiger charge is -2.45.